The van der Waals surface area contributed by atoms with E-state index in [4.69, 9.17) is 23.7 Å². The topological polar surface area (TPSA) is 89.3 Å². The van der Waals surface area contributed by atoms with Crippen molar-refractivity contribution < 1.29 is 0 Å². The van der Waals surface area contributed by atoms with Gasteiger partial charge in [-0.05, 0) is 24.4 Å². The summed E-state index contributed by atoms with van der Waals surface area (Å²) in [4.78, 5) is 4.37. The minimum atomic E-state index is 0.0942. The number of pyridine rings is 1. The maximum Gasteiger partial charge on any atom is 0.184 e. The summed E-state index contributed by atoms with van der Waals surface area (Å²) in [6.07, 6.45) is 1.47. The number of nitrogens with one attached hydrogen (secondary N) is 1. The molecule has 15 heavy (non-hydrogen) atoms. The first-order valence-corrected chi connectivity index (χ1v) is 4.76. The van der Waals surface area contributed by atoms with Gasteiger partial charge >= 0.3 is 0 Å². The number of hydrogen-bond acceptors (Lipinski definition) is 4. The Bertz CT molecular complexity index is 415. The van der Waals surface area contributed by atoms with E-state index in [1.54, 1.807) is 18.2 Å². The first-order valence-electron chi connectivity index (χ1n) is 3.95. The van der Waals surface area contributed by atoms with Gasteiger partial charge in [-0.15, -0.1) is 0 Å². The van der Waals surface area contributed by atoms with Crippen molar-refractivity contribution in [3.63, 3.8) is 0 Å². The van der Waals surface area contributed by atoms with Crippen LogP contribution < -0.4 is 16.9 Å². The highest BCUT2D eigenvalue weighted by molar-refractivity contribution is 7.80. The fourth-order valence-corrected chi connectivity index (χ4v) is 0.989. The highest BCUT2D eigenvalue weighted by atomic mass is 32.1. The molecule has 0 radical (unpaired) electrons. The molecule has 1 heterocycles. The monoisotopic (exact) mass is 239 g/mol. The van der Waals surface area contributed by atoms with Crippen LogP contribution in [0.5, 0.6) is 0 Å². The summed E-state index contributed by atoms with van der Waals surface area (Å²) < 4.78 is 0. The lowest BCUT2D eigenvalue weighted by molar-refractivity contribution is 1.04. The number of nitrogens with two attached hydrogens (primary N) is 2. The van der Waals surface area contributed by atoms with Crippen molar-refractivity contribution in [3.05, 3.63) is 29.6 Å². The Balaban J connectivity index is 2.78. The SMILES string of the molecule is NC(=S)N/N=C/c1cccc(C(N)=S)n1. The minimum absolute atomic E-state index is 0.0942. The molecular weight excluding hydrogens is 230 g/mol. The van der Waals surface area contributed by atoms with Gasteiger partial charge in [0.2, 0.25) is 0 Å². The number of thiocarbonyl (C=S) groups is 2. The van der Waals surface area contributed by atoms with Gasteiger partial charge < -0.3 is 11.5 Å². The number of hydrogen-bond donors (Lipinski definition) is 3. The normalized spacial score (nSPS) is 10.1. The second-order valence-electron chi connectivity index (χ2n) is 2.55. The molecule has 0 aromatic carbocycles. The molecule has 0 aliphatic carbocycles. The summed E-state index contributed by atoms with van der Waals surface area (Å²) >= 11 is 9.36. The van der Waals surface area contributed by atoms with E-state index in [9.17, 15) is 0 Å². The number of aromatic nitrogens is 1. The number of rotatable bonds is 3. The molecule has 0 bridgehead atoms. The lowest BCUT2D eigenvalue weighted by Gasteiger charge is -1.98. The van der Waals surface area contributed by atoms with E-state index < -0.39 is 0 Å². The van der Waals surface area contributed by atoms with Gasteiger partial charge in [0.1, 0.15) is 4.99 Å². The molecule has 1 aromatic rings. The molecule has 1 rings (SSSR count). The van der Waals surface area contributed by atoms with Crippen molar-refractivity contribution in [3.8, 4) is 0 Å². The van der Waals surface area contributed by atoms with Crippen LogP contribution in [0.1, 0.15) is 11.4 Å². The Morgan fingerprint density at radius 2 is 2.13 bits per heavy atom. The van der Waals surface area contributed by atoms with E-state index in [0.717, 1.165) is 0 Å². The van der Waals surface area contributed by atoms with Crippen LogP contribution in [-0.2, 0) is 0 Å². The van der Waals surface area contributed by atoms with Crippen molar-refractivity contribution in [1.29, 1.82) is 0 Å². The molecule has 1 aromatic heterocycles. The van der Waals surface area contributed by atoms with E-state index >= 15 is 0 Å². The van der Waals surface area contributed by atoms with E-state index in [2.05, 4.69) is 27.7 Å². The Morgan fingerprint density at radius 1 is 1.40 bits per heavy atom. The molecule has 0 atom stereocenters. The second-order valence-corrected chi connectivity index (χ2v) is 3.43. The van der Waals surface area contributed by atoms with Gasteiger partial charge in [0.15, 0.2) is 5.11 Å². The second kappa shape index (κ2) is 5.32. The summed E-state index contributed by atoms with van der Waals surface area (Å²) in [5, 5.41) is 3.85. The van der Waals surface area contributed by atoms with E-state index in [0.29, 0.717) is 11.4 Å². The van der Waals surface area contributed by atoms with Crippen LogP contribution in [0, 0.1) is 0 Å². The molecule has 0 amide bonds. The summed E-state index contributed by atoms with van der Waals surface area (Å²) in [6.45, 7) is 0. The van der Waals surface area contributed by atoms with Crippen molar-refractivity contribution in [2.45, 2.75) is 0 Å². The fourth-order valence-electron chi connectivity index (χ4n) is 0.823. The Hall–Kier alpha value is -1.60. The first-order chi connectivity index (χ1) is 7.09. The summed E-state index contributed by atoms with van der Waals surface area (Å²) in [7, 11) is 0. The van der Waals surface area contributed by atoms with E-state index in [1.165, 1.54) is 6.21 Å². The van der Waals surface area contributed by atoms with E-state index in [1.807, 2.05) is 0 Å². The molecular formula is C8H9N5S2. The standard InChI is InChI=1S/C8H9N5S2/c9-7(14)6-3-1-2-5(12-6)4-11-13-8(10)15/h1-4H,(H2,9,14)(H3,10,13,15)/b11-4+. The predicted molar refractivity (Wildman–Crippen MR) is 67.6 cm³/mol. The highest BCUT2D eigenvalue weighted by Gasteiger charge is 1.97. The minimum Gasteiger partial charge on any atom is -0.388 e. The number of nitrogens with zero attached hydrogens (tertiary/aromatic N) is 2. The maximum absolute atomic E-state index is 5.43. The van der Waals surface area contributed by atoms with Crippen LogP contribution in [0.4, 0.5) is 0 Å². The van der Waals surface area contributed by atoms with Crippen molar-refractivity contribution in [1.82, 2.24) is 10.4 Å². The zero-order chi connectivity index (χ0) is 11.3. The zero-order valence-electron chi connectivity index (χ0n) is 7.68. The van der Waals surface area contributed by atoms with Crippen LogP contribution in [-0.4, -0.2) is 21.3 Å². The molecule has 5 nitrogen and oxygen atoms in total. The molecule has 5 N–H and O–H groups in total. The molecule has 0 saturated heterocycles. The van der Waals surface area contributed by atoms with Gasteiger partial charge in [0.05, 0.1) is 17.6 Å². The van der Waals surface area contributed by atoms with Crippen LogP contribution >= 0.6 is 24.4 Å². The average molecular weight is 239 g/mol. The third-order valence-corrected chi connectivity index (χ3v) is 1.70. The summed E-state index contributed by atoms with van der Waals surface area (Å²) in [5.41, 5.74) is 14.2. The highest BCUT2D eigenvalue weighted by Crippen LogP contribution is 1.96. The Kier molecular flexibility index (Phi) is 4.07. The van der Waals surface area contributed by atoms with Crippen LogP contribution in [0.15, 0.2) is 23.3 Å². The van der Waals surface area contributed by atoms with Crippen LogP contribution in [0.2, 0.25) is 0 Å². The van der Waals surface area contributed by atoms with Crippen molar-refractivity contribution in [2.24, 2.45) is 16.6 Å². The third-order valence-electron chi connectivity index (χ3n) is 1.39. The lowest BCUT2D eigenvalue weighted by Crippen LogP contribution is -2.24. The first kappa shape index (κ1) is 11.5. The van der Waals surface area contributed by atoms with Gasteiger partial charge in [-0.3, -0.25) is 5.43 Å². The Labute approximate surface area is 97.6 Å². The van der Waals surface area contributed by atoms with Crippen molar-refractivity contribution >= 4 is 40.8 Å². The molecule has 0 aliphatic heterocycles. The molecule has 0 saturated carbocycles. The third kappa shape index (κ3) is 3.96. The molecule has 78 valence electrons. The summed E-state index contributed by atoms with van der Waals surface area (Å²) in [5.74, 6) is 0. The predicted octanol–water partition coefficient (Wildman–Crippen LogP) is -0.117. The average Bonchev–Trinajstić information content (AvgIpc) is 2.17. The lowest BCUT2D eigenvalue weighted by atomic mass is 10.3. The van der Waals surface area contributed by atoms with Gasteiger partial charge in [0, 0.05) is 0 Å². The smallest absolute Gasteiger partial charge is 0.184 e. The summed E-state index contributed by atoms with van der Waals surface area (Å²) in [6, 6.07) is 5.26. The van der Waals surface area contributed by atoms with Gasteiger partial charge in [-0.2, -0.15) is 5.10 Å². The molecule has 7 heteroatoms. The van der Waals surface area contributed by atoms with Crippen molar-refractivity contribution in [2.75, 3.05) is 0 Å². The van der Waals surface area contributed by atoms with Gasteiger partial charge in [-0.1, -0.05) is 18.3 Å². The van der Waals surface area contributed by atoms with Gasteiger partial charge in [-0.25, -0.2) is 4.98 Å². The molecule has 0 spiro atoms. The van der Waals surface area contributed by atoms with E-state index in [-0.39, 0.29) is 10.1 Å². The van der Waals surface area contributed by atoms with Gasteiger partial charge in [0.25, 0.3) is 0 Å². The van der Waals surface area contributed by atoms with Crippen LogP contribution in [0.25, 0.3) is 0 Å². The fraction of sp³-hybridized carbons (Fsp3) is 0. The quantitative estimate of drug-likeness (QED) is 0.387. The zero-order valence-corrected chi connectivity index (χ0v) is 9.31. The molecule has 0 unspecified atom stereocenters. The maximum atomic E-state index is 5.43. The molecule has 0 fully saturated rings. The largest absolute Gasteiger partial charge is 0.388 e. The number of hydrazone groups is 1. The van der Waals surface area contributed by atoms with Crippen LogP contribution in [0.3, 0.4) is 0 Å². The molecule has 0 aliphatic rings. The Morgan fingerprint density at radius 3 is 2.73 bits per heavy atom.